The van der Waals surface area contributed by atoms with Crippen molar-refractivity contribution in [3.63, 3.8) is 0 Å². The summed E-state index contributed by atoms with van der Waals surface area (Å²) in [5, 5.41) is 5.20. The van der Waals surface area contributed by atoms with Gasteiger partial charge in [-0.2, -0.15) is 0 Å². The molecule has 100 valence electrons. The highest BCUT2D eigenvalue weighted by molar-refractivity contribution is 5.98. The molecule has 3 rings (SSSR count). The van der Waals surface area contributed by atoms with Crippen LogP contribution in [-0.4, -0.2) is 4.98 Å². The molecule has 3 aromatic rings. The van der Waals surface area contributed by atoms with Gasteiger partial charge in [0.2, 0.25) is 0 Å². The Morgan fingerprint density at radius 3 is 2.90 bits per heavy atom. The summed E-state index contributed by atoms with van der Waals surface area (Å²) in [6.07, 6.45) is 3.50. The van der Waals surface area contributed by atoms with Crippen LogP contribution in [0.4, 0.5) is 15.8 Å². The molecule has 0 aliphatic carbocycles. The van der Waals surface area contributed by atoms with Crippen LogP contribution in [0.2, 0.25) is 0 Å². The molecule has 0 unspecified atom stereocenters. The third-order valence-corrected chi connectivity index (χ3v) is 3.23. The Balaban J connectivity index is 1.86. The van der Waals surface area contributed by atoms with Crippen molar-refractivity contribution in [1.29, 1.82) is 0 Å². The molecule has 0 aliphatic heterocycles. The maximum Gasteiger partial charge on any atom is 0.123 e. The van der Waals surface area contributed by atoms with Gasteiger partial charge in [-0.1, -0.05) is 18.2 Å². The van der Waals surface area contributed by atoms with Crippen LogP contribution < -0.4 is 11.1 Å². The fourth-order valence-corrected chi connectivity index (χ4v) is 2.19. The summed E-state index contributed by atoms with van der Waals surface area (Å²) >= 11 is 0. The van der Waals surface area contributed by atoms with Gasteiger partial charge in [-0.05, 0) is 29.8 Å². The second-order valence-corrected chi connectivity index (χ2v) is 4.61. The molecule has 0 atom stereocenters. The van der Waals surface area contributed by atoms with E-state index in [1.807, 2.05) is 24.3 Å². The van der Waals surface area contributed by atoms with Crippen molar-refractivity contribution in [2.75, 3.05) is 11.1 Å². The molecule has 0 fully saturated rings. The number of nitrogens with zero attached hydrogens (tertiary/aromatic N) is 1. The summed E-state index contributed by atoms with van der Waals surface area (Å²) in [5.41, 5.74) is 8.55. The number of nitrogens with two attached hydrogens (primary N) is 1. The van der Waals surface area contributed by atoms with E-state index < -0.39 is 0 Å². The molecule has 20 heavy (non-hydrogen) atoms. The lowest BCUT2D eigenvalue weighted by Gasteiger charge is -2.11. The van der Waals surface area contributed by atoms with E-state index in [9.17, 15) is 4.39 Å². The maximum absolute atomic E-state index is 13.1. The van der Waals surface area contributed by atoms with Crippen LogP contribution in [-0.2, 0) is 6.54 Å². The van der Waals surface area contributed by atoms with E-state index in [0.717, 1.165) is 22.0 Å². The first-order valence-corrected chi connectivity index (χ1v) is 6.34. The van der Waals surface area contributed by atoms with E-state index in [1.54, 1.807) is 18.5 Å². The van der Waals surface area contributed by atoms with Gasteiger partial charge in [0, 0.05) is 29.7 Å². The Morgan fingerprint density at radius 1 is 1.15 bits per heavy atom. The van der Waals surface area contributed by atoms with Crippen molar-refractivity contribution >= 4 is 22.1 Å². The second-order valence-electron chi connectivity index (χ2n) is 4.61. The van der Waals surface area contributed by atoms with Crippen LogP contribution in [0, 0.1) is 5.82 Å². The van der Waals surface area contributed by atoms with Crippen molar-refractivity contribution < 1.29 is 4.39 Å². The third-order valence-electron chi connectivity index (χ3n) is 3.23. The number of fused-ring (bicyclic) bond motifs is 1. The van der Waals surface area contributed by atoms with Gasteiger partial charge in [-0.15, -0.1) is 0 Å². The quantitative estimate of drug-likeness (QED) is 0.713. The number of pyridine rings is 1. The molecule has 1 aromatic heterocycles. The minimum Gasteiger partial charge on any atom is -0.397 e. The molecule has 0 spiro atoms. The van der Waals surface area contributed by atoms with Crippen molar-refractivity contribution in [1.82, 2.24) is 4.98 Å². The van der Waals surface area contributed by atoms with Gasteiger partial charge in [0.1, 0.15) is 5.82 Å². The van der Waals surface area contributed by atoms with Crippen LogP contribution >= 0.6 is 0 Å². The molecule has 0 amide bonds. The number of hydrogen-bond donors (Lipinski definition) is 2. The molecular formula is C16H14FN3. The highest BCUT2D eigenvalue weighted by atomic mass is 19.1. The summed E-state index contributed by atoms with van der Waals surface area (Å²) in [6, 6.07) is 12.3. The number of hydrogen-bond acceptors (Lipinski definition) is 3. The second kappa shape index (κ2) is 5.17. The van der Waals surface area contributed by atoms with Crippen molar-refractivity contribution in [3.8, 4) is 0 Å². The fraction of sp³-hybridized carbons (Fsp3) is 0.0625. The number of aromatic nitrogens is 1. The van der Waals surface area contributed by atoms with Gasteiger partial charge in [0.15, 0.2) is 0 Å². The molecule has 1 heterocycles. The Hall–Kier alpha value is -2.62. The van der Waals surface area contributed by atoms with Gasteiger partial charge >= 0.3 is 0 Å². The van der Waals surface area contributed by atoms with Crippen molar-refractivity contribution in [3.05, 3.63) is 66.2 Å². The standard InChI is InChI=1S/C16H14FN3/c17-13-3-1-2-11(8-13)9-20-15-5-4-12-10-19-7-6-14(12)16(15)18/h1-8,10,20H,9,18H2. The van der Waals surface area contributed by atoms with E-state index in [2.05, 4.69) is 10.3 Å². The van der Waals surface area contributed by atoms with Crippen LogP contribution in [0.3, 0.4) is 0 Å². The number of nitrogen functional groups attached to an aromatic ring is 1. The average molecular weight is 267 g/mol. The van der Waals surface area contributed by atoms with E-state index in [1.165, 1.54) is 12.1 Å². The molecule has 0 aliphatic rings. The first-order chi connectivity index (χ1) is 9.74. The number of nitrogens with one attached hydrogen (secondary N) is 1. The summed E-state index contributed by atoms with van der Waals surface area (Å²) in [6.45, 7) is 0.526. The van der Waals surface area contributed by atoms with Gasteiger partial charge in [-0.3, -0.25) is 4.98 Å². The predicted octanol–water partition coefficient (Wildman–Crippen LogP) is 3.57. The van der Waals surface area contributed by atoms with E-state index in [0.29, 0.717) is 12.2 Å². The zero-order chi connectivity index (χ0) is 13.9. The first-order valence-electron chi connectivity index (χ1n) is 6.34. The maximum atomic E-state index is 13.1. The van der Waals surface area contributed by atoms with Crippen LogP contribution in [0.15, 0.2) is 54.9 Å². The Bertz CT molecular complexity index is 756. The smallest absolute Gasteiger partial charge is 0.123 e. The Labute approximate surface area is 116 Å². The van der Waals surface area contributed by atoms with Crippen molar-refractivity contribution in [2.24, 2.45) is 0 Å². The first kappa shape index (κ1) is 12.4. The SMILES string of the molecule is Nc1c(NCc2cccc(F)c2)ccc2cnccc12. The molecule has 0 saturated heterocycles. The Kier molecular flexibility index (Phi) is 3.21. The monoisotopic (exact) mass is 267 g/mol. The zero-order valence-electron chi connectivity index (χ0n) is 10.8. The largest absolute Gasteiger partial charge is 0.397 e. The summed E-state index contributed by atoms with van der Waals surface area (Å²) < 4.78 is 13.1. The lowest BCUT2D eigenvalue weighted by Crippen LogP contribution is -2.03. The molecule has 3 nitrogen and oxygen atoms in total. The Morgan fingerprint density at radius 2 is 2.05 bits per heavy atom. The molecular weight excluding hydrogens is 253 g/mol. The summed E-state index contributed by atoms with van der Waals surface area (Å²) in [7, 11) is 0. The van der Waals surface area contributed by atoms with Gasteiger partial charge in [-0.25, -0.2) is 4.39 Å². The van der Waals surface area contributed by atoms with Gasteiger partial charge < -0.3 is 11.1 Å². The van der Waals surface area contributed by atoms with E-state index in [4.69, 9.17) is 5.73 Å². The zero-order valence-corrected chi connectivity index (χ0v) is 10.8. The van der Waals surface area contributed by atoms with Crippen molar-refractivity contribution in [2.45, 2.75) is 6.54 Å². The number of benzene rings is 2. The highest BCUT2D eigenvalue weighted by Crippen LogP contribution is 2.28. The number of rotatable bonds is 3. The van der Waals surface area contributed by atoms with Crippen LogP contribution in [0.5, 0.6) is 0 Å². The lowest BCUT2D eigenvalue weighted by atomic mass is 10.1. The molecule has 0 saturated carbocycles. The number of anilines is 2. The van der Waals surface area contributed by atoms with Gasteiger partial charge in [0.05, 0.1) is 11.4 Å². The minimum absolute atomic E-state index is 0.234. The van der Waals surface area contributed by atoms with E-state index in [-0.39, 0.29) is 5.82 Å². The van der Waals surface area contributed by atoms with Crippen LogP contribution in [0.25, 0.3) is 10.8 Å². The lowest BCUT2D eigenvalue weighted by molar-refractivity contribution is 0.626. The molecule has 0 bridgehead atoms. The normalized spacial score (nSPS) is 10.7. The highest BCUT2D eigenvalue weighted by Gasteiger charge is 2.04. The van der Waals surface area contributed by atoms with Crippen LogP contribution in [0.1, 0.15) is 5.56 Å². The van der Waals surface area contributed by atoms with Gasteiger partial charge in [0.25, 0.3) is 0 Å². The predicted molar refractivity (Wildman–Crippen MR) is 79.9 cm³/mol. The molecule has 0 radical (unpaired) electrons. The average Bonchev–Trinajstić information content (AvgIpc) is 2.47. The summed E-state index contributed by atoms with van der Waals surface area (Å²) in [5.74, 6) is -0.234. The molecule has 4 heteroatoms. The summed E-state index contributed by atoms with van der Waals surface area (Å²) in [4.78, 5) is 4.07. The molecule has 3 N–H and O–H groups in total. The minimum atomic E-state index is -0.234. The fourth-order valence-electron chi connectivity index (χ4n) is 2.19. The number of halogens is 1. The third kappa shape index (κ3) is 2.40. The molecule has 2 aromatic carbocycles. The topological polar surface area (TPSA) is 50.9 Å². The van der Waals surface area contributed by atoms with E-state index >= 15 is 0 Å².